The van der Waals surface area contributed by atoms with Crippen molar-refractivity contribution in [2.24, 2.45) is 0 Å². The Morgan fingerprint density at radius 2 is 2.00 bits per heavy atom. The number of benzene rings is 1. The van der Waals surface area contributed by atoms with Crippen LogP contribution in [0.3, 0.4) is 0 Å². The van der Waals surface area contributed by atoms with Crippen molar-refractivity contribution in [1.82, 2.24) is 10.2 Å². The zero-order valence-electron chi connectivity index (χ0n) is 10.2. The molecule has 0 heterocycles. The quantitative estimate of drug-likeness (QED) is 0.644. The van der Waals surface area contributed by atoms with Gasteiger partial charge in [-0.3, -0.25) is 4.79 Å². The molecule has 0 fully saturated rings. The fraction of sp³-hybridized carbons (Fsp3) is 0.308. The van der Waals surface area contributed by atoms with Gasteiger partial charge in [-0.05, 0) is 23.8 Å². The fourth-order valence-electron chi connectivity index (χ4n) is 1.48. The molecule has 0 saturated heterocycles. The number of carbonyl (C=O) groups excluding carboxylic acids is 1. The van der Waals surface area contributed by atoms with Gasteiger partial charge in [-0.2, -0.15) is 0 Å². The SMILES string of the molecule is C=CCNCC(=O)N(C)Cc1cc(Cl)cc(Cl)c1. The Balaban J connectivity index is 2.55. The van der Waals surface area contributed by atoms with Gasteiger partial charge in [0.15, 0.2) is 0 Å². The van der Waals surface area contributed by atoms with Crippen molar-refractivity contribution in [2.75, 3.05) is 20.1 Å². The number of nitrogens with zero attached hydrogens (tertiary/aromatic N) is 1. The monoisotopic (exact) mass is 286 g/mol. The van der Waals surface area contributed by atoms with Crippen LogP contribution in [0.4, 0.5) is 0 Å². The lowest BCUT2D eigenvalue weighted by Gasteiger charge is -2.17. The summed E-state index contributed by atoms with van der Waals surface area (Å²) in [6.07, 6.45) is 1.71. The molecule has 3 nitrogen and oxygen atoms in total. The summed E-state index contributed by atoms with van der Waals surface area (Å²) >= 11 is 11.8. The Morgan fingerprint density at radius 1 is 1.39 bits per heavy atom. The third-order valence-electron chi connectivity index (χ3n) is 2.33. The molecule has 0 aliphatic carbocycles. The number of nitrogens with one attached hydrogen (secondary N) is 1. The number of carbonyl (C=O) groups is 1. The van der Waals surface area contributed by atoms with Crippen molar-refractivity contribution in [3.63, 3.8) is 0 Å². The second kappa shape index (κ2) is 7.41. The van der Waals surface area contributed by atoms with E-state index in [1.54, 1.807) is 36.2 Å². The highest BCUT2D eigenvalue weighted by Crippen LogP contribution is 2.19. The lowest BCUT2D eigenvalue weighted by atomic mass is 10.2. The molecular formula is C13H16Cl2N2O. The van der Waals surface area contributed by atoms with Gasteiger partial charge in [0.25, 0.3) is 0 Å². The molecular weight excluding hydrogens is 271 g/mol. The van der Waals surface area contributed by atoms with E-state index in [9.17, 15) is 4.79 Å². The van der Waals surface area contributed by atoms with Crippen molar-refractivity contribution in [1.29, 1.82) is 0 Å². The second-order valence-corrected chi connectivity index (χ2v) is 4.82. The van der Waals surface area contributed by atoms with E-state index >= 15 is 0 Å². The first-order chi connectivity index (χ1) is 8.52. The number of halogens is 2. The van der Waals surface area contributed by atoms with Crippen molar-refractivity contribution in [3.8, 4) is 0 Å². The van der Waals surface area contributed by atoms with Gasteiger partial charge in [0, 0.05) is 30.2 Å². The molecule has 0 unspecified atom stereocenters. The first-order valence-electron chi connectivity index (χ1n) is 5.53. The molecule has 1 amide bonds. The average Bonchev–Trinajstić information content (AvgIpc) is 2.27. The molecule has 1 aromatic rings. The van der Waals surface area contributed by atoms with E-state index in [0.717, 1.165) is 5.56 Å². The summed E-state index contributed by atoms with van der Waals surface area (Å²) in [7, 11) is 1.74. The molecule has 5 heteroatoms. The van der Waals surface area contributed by atoms with E-state index in [0.29, 0.717) is 23.1 Å². The van der Waals surface area contributed by atoms with Crippen LogP contribution >= 0.6 is 23.2 Å². The highest BCUT2D eigenvalue weighted by atomic mass is 35.5. The number of hydrogen-bond donors (Lipinski definition) is 1. The summed E-state index contributed by atoms with van der Waals surface area (Å²) in [5, 5.41) is 4.11. The normalized spacial score (nSPS) is 10.2. The molecule has 0 aromatic heterocycles. The minimum absolute atomic E-state index is 0.00736. The Bertz CT molecular complexity index is 415. The minimum atomic E-state index is 0.00736. The Kier molecular flexibility index (Phi) is 6.19. The third-order valence-corrected chi connectivity index (χ3v) is 2.77. The third kappa shape index (κ3) is 5.08. The van der Waals surface area contributed by atoms with Gasteiger partial charge in [0.05, 0.1) is 6.54 Å². The molecule has 18 heavy (non-hydrogen) atoms. The van der Waals surface area contributed by atoms with Crippen LogP contribution in [-0.4, -0.2) is 30.9 Å². The predicted molar refractivity (Wildman–Crippen MR) is 76.0 cm³/mol. The summed E-state index contributed by atoms with van der Waals surface area (Å²) in [4.78, 5) is 13.4. The van der Waals surface area contributed by atoms with Crippen molar-refractivity contribution in [3.05, 3.63) is 46.5 Å². The lowest BCUT2D eigenvalue weighted by molar-refractivity contribution is -0.129. The van der Waals surface area contributed by atoms with Crippen LogP contribution in [0.15, 0.2) is 30.9 Å². The van der Waals surface area contributed by atoms with Gasteiger partial charge in [0.2, 0.25) is 5.91 Å². The van der Waals surface area contributed by atoms with E-state index in [-0.39, 0.29) is 12.5 Å². The number of amides is 1. The van der Waals surface area contributed by atoms with Crippen LogP contribution in [0.5, 0.6) is 0 Å². The molecule has 0 spiro atoms. The molecule has 0 aliphatic rings. The van der Waals surface area contributed by atoms with Crippen LogP contribution in [0.2, 0.25) is 10.0 Å². The standard InChI is InChI=1S/C13H16Cl2N2O/c1-3-4-16-8-13(18)17(2)9-10-5-11(14)7-12(15)6-10/h3,5-7,16H,1,4,8-9H2,2H3. The molecule has 0 bridgehead atoms. The lowest BCUT2D eigenvalue weighted by Crippen LogP contribution is -2.35. The number of likely N-dealkylation sites (N-methyl/N-ethyl adjacent to an activating group) is 1. The first kappa shape index (κ1) is 15.0. The van der Waals surface area contributed by atoms with Gasteiger partial charge in [0.1, 0.15) is 0 Å². The summed E-state index contributed by atoms with van der Waals surface area (Å²) in [6.45, 7) is 4.96. The zero-order valence-corrected chi connectivity index (χ0v) is 11.8. The van der Waals surface area contributed by atoms with Gasteiger partial charge < -0.3 is 10.2 Å². The van der Waals surface area contributed by atoms with Gasteiger partial charge in [-0.15, -0.1) is 6.58 Å². The molecule has 0 aliphatic heterocycles. The fourth-order valence-corrected chi connectivity index (χ4v) is 2.05. The molecule has 0 radical (unpaired) electrons. The van der Waals surface area contributed by atoms with Crippen molar-refractivity contribution in [2.45, 2.75) is 6.54 Å². The van der Waals surface area contributed by atoms with Crippen LogP contribution in [0.1, 0.15) is 5.56 Å². The molecule has 1 aromatic carbocycles. The first-order valence-corrected chi connectivity index (χ1v) is 6.29. The maximum Gasteiger partial charge on any atom is 0.236 e. The van der Waals surface area contributed by atoms with Crippen LogP contribution < -0.4 is 5.32 Å². The van der Waals surface area contributed by atoms with Crippen LogP contribution in [0.25, 0.3) is 0 Å². The number of rotatable bonds is 6. The summed E-state index contributed by atoms with van der Waals surface area (Å²) < 4.78 is 0. The second-order valence-electron chi connectivity index (χ2n) is 3.95. The summed E-state index contributed by atoms with van der Waals surface area (Å²) in [6, 6.07) is 5.27. The summed E-state index contributed by atoms with van der Waals surface area (Å²) in [5.41, 5.74) is 0.909. The zero-order chi connectivity index (χ0) is 13.5. The molecule has 0 atom stereocenters. The maximum atomic E-state index is 11.8. The summed E-state index contributed by atoms with van der Waals surface area (Å²) in [5.74, 6) is 0.00736. The predicted octanol–water partition coefficient (Wildman–Crippen LogP) is 2.73. The largest absolute Gasteiger partial charge is 0.340 e. The van der Waals surface area contributed by atoms with Crippen LogP contribution in [-0.2, 0) is 11.3 Å². The van der Waals surface area contributed by atoms with E-state index in [2.05, 4.69) is 11.9 Å². The van der Waals surface area contributed by atoms with E-state index < -0.39 is 0 Å². The highest BCUT2D eigenvalue weighted by Gasteiger charge is 2.09. The van der Waals surface area contributed by atoms with Crippen LogP contribution in [0, 0.1) is 0 Å². The van der Waals surface area contributed by atoms with E-state index in [4.69, 9.17) is 23.2 Å². The maximum absolute atomic E-state index is 11.8. The van der Waals surface area contributed by atoms with Gasteiger partial charge >= 0.3 is 0 Å². The number of hydrogen-bond acceptors (Lipinski definition) is 2. The van der Waals surface area contributed by atoms with Crippen molar-refractivity contribution >= 4 is 29.1 Å². The molecule has 0 saturated carbocycles. The van der Waals surface area contributed by atoms with Crippen molar-refractivity contribution < 1.29 is 4.79 Å². The Labute approximate surface area is 117 Å². The molecule has 98 valence electrons. The topological polar surface area (TPSA) is 32.3 Å². The smallest absolute Gasteiger partial charge is 0.236 e. The molecule has 1 N–H and O–H groups in total. The average molecular weight is 287 g/mol. The molecule has 1 rings (SSSR count). The minimum Gasteiger partial charge on any atom is -0.340 e. The van der Waals surface area contributed by atoms with E-state index in [1.165, 1.54) is 0 Å². The van der Waals surface area contributed by atoms with E-state index in [1.807, 2.05) is 0 Å². The Hall–Kier alpha value is -1.03. The van der Waals surface area contributed by atoms with Gasteiger partial charge in [-0.1, -0.05) is 29.3 Å². The van der Waals surface area contributed by atoms with Gasteiger partial charge in [-0.25, -0.2) is 0 Å². The Morgan fingerprint density at radius 3 is 2.56 bits per heavy atom. The highest BCUT2D eigenvalue weighted by molar-refractivity contribution is 6.34.